The molecule has 0 saturated carbocycles. The van der Waals surface area contributed by atoms with Gasteiger partial charge in [0, 0.05) is 18.2 Å². The maximum Gasteiger partial charge on any atom is 0.416 e. The molecule has 26 heavy (non-hydrogen) atoms. The monoisotopic (exact) mass is 364 g/mol. The van der Waals surface area contributed by atoms with Crippen molar-refractivity contribution in [3.8, 4) is 11.3 Å². The second kappa shape index (κ2) is 7.61. The summed E-state index contributed by atoms with van der Waals surface area (Å²) in [5.74, 6) is 0.709. The highest BCUT2D eigenvalue weighted by atomic mass is 19.4. The SMILES string of the molecule is CCN1CCC[C@@H](Nc2cc(C)c(-c3ccc(C(F)(F)F)cc3)nn2)C1. The second-order valence-electron chi connectivity index (χ2n) is 6.71. The molecule has 2 heterocycles. The number of likely N-dealkylation sites (N-methyl/N-ethyl adjacent to an activating group) is 1. The Morgan fingerprint density at radius 2 is 1.92 bits per heavy atom. The zero-order valence-corrected chi connectivity index (χ0v) is 15.0. The molecule has 140 valence electrons. The number of anilines is 1. The third-order valence-corrected chi connectivity index (χ3v) is 4.77. The first-order valence-corrected chi connectivity index (χ1v) is 8.87. The molecule has 1 aliphatic rings. The topological polar surface area (TPSA) is 41.0 Å². The van der Waals surface area contributed by atoms with Gasteiger partial charge in [0.25, 0.3) is 0 Å². The van der Waals surface area contributed by atoms with Crippen LogP contribution in [-0.2, 0) is 6.18 Å². The van der Waals surface area contributed by atoms with Crippen molar-refractivity contribution in [2.75, 3.05) is 25.0 Å². The summed E-state index contributed by atoms with van der Waals surface area (Å²) < 4.78 is 38.1. The van der Waals surface area contributed by atoms with E-state index in [0.29, 0.717) is 23.1 Å². The van der Waals surface area contributed by atoms with Crippen molar-refractivity contribution < 1.29 is 13.2 Å². The van der Waals surface area contributed by atoms with Crippen LogP contribution in [0.3, 0.4) is 0 Å². The molecule has 0 bridgehead atoms. The number of halogens is 3. The van der Waals surface area contributed by atoms with Gasteiger partial charge in [-0.1, -0.05) is 19.1 Å². The Balaban J connectivity index is 1.73. The summed E-state index contributed by atoms with van der Waals surface area (Å²) in [6, 6.07) is 7.27. The molecule has 0 aliphatic carbocycles. The molecule has 1 aromatic carbocycles. The van der Waals surface area contributed by atoms with Crippen LogP contribution in [-0.4, -0.2) is 40.8 Å². The fourth-order valence-corrected chi connectivity index (χ4v) is 3.33. The second-order valence-corrected chi connectivity index (χ2v) is 6.71. The minimum absolute atomic E-state index is 0.342. The third kappa shape index (κ3) is 4.33. The van der Waals surface area contributed by atoms with Crippen molar-refractivity contribution in [2.45, 2.75) is 38.9 Å². The van der Waals surface area contributed by atoms with Crippen LogP contribution in [0.2, 0.25) is 0 Å². The van der Waals surface area contributed by atoms with E-state index in [2.05, 4.69) is 27.3 Å². The summed E-state index contributed by atoms with van der Waals surface area (Å²) in [6.07, 6.45) is -2.08. The van der Waals surface area contributed by atoms with E-state index in [0.717, 1.165) is 50.2 Å². The Labute approximate surface area is 151 Å². The molecule has 0 spiro atoms. The predicted molar refractivity (Wildman–Crippen MR) is 96.0 cm³/mol. The van der Waals surface area contributed by atoms with Crippen molar-refractivity contribution in [3.05, 3.63) is 41.5 Å². The number of hydrogen-bond acceptors (Lipinski definition) is 4. The first-order chi connectivity index (χ1) is 12.4. The largest absolute Gasteiger partial charge is 0.416 e. The Kier molecular flexibility index (Phi) is 5.46. The highest BCUT2D eigenvalue weighted by Crippen LogP contribution is 2.31. The average molecular weight is 364 g/mol. The Bertz CT molecular complexity index is 743. The summed E-state index contributed by atoms with van der Waals surface area (Å²) >= 11 is 0. The van der Waals surface area contributed by atoms with Crippen molar-refractivity contribution in [3.63, 3.8) is 0 Å². The molecule has 1 aromatic heterocycles. The van der Waals surface area contributed by atoms with E-state index in [-0.39, 0.29) is 0 Å². The van der Waals surface area contributed by atoms with E-state index in [1.807, 2.05) is 13.0 Å². The lowest BCUT2D eigenvalue weighted by Gasteiger charge is -2.32. The quantitative estimate of drug-likeness (QED) is 0.875. The first-order valence-electron chi connectivity index (χ1n) is 8.87. The van der Waals surface area contributed by atoms with E-state index in [1.54, 1.807) is 0 Å². The molecule has 7 heteroatoms. The highest BCUT2D eigenvalue weighted by molar-refractivity contribution is 5.64. The minimum atomic E-state index is -4.33. The number of piperidine rings is 1. The highest BCUT2D eigenvalue weighted by Gasteiger charge is 2.30. The summed E-state index contributed by atoms with van der Waals surface area (Å²) in [5, 5.41) is 11.9. The van der Waals surface area contributed by atoms with Crippen LogP contribution in [0.15, 0.2) is 30.3 Å². The van der Waals surface area contributed by atoms with E-state index in [4.69, 9.17) is 0 Å². The van der Waals surface area contributed by atoms with Crippen molar-refractivity contribution in [2.24, 2.45) is 0 Å². The number of hydrogen-bond donors (Lipinski definition) is 1. The minimum Gasteiger partial charge on any atom is -0.365 e. The summed E-state index contributed by atoms with van der Waals surface area (Å²) in [5.41, 5.74) is 1.45. The van der Waals surface area contributed by atoms with Crippen LogP contribution in [0.1, 0.15) is 30.9 Å². The van der Waals surface area contributed by atoms with Crippen molar-refractivity contribution in [1.29, 1.82) is 0 Å². The number of benzene rings is 1. The lowest BCUT2D eigenvalue weighted by Crippen LogP contribution is -2.42. The van der Waals surface area contributed by atoms with Gasteiger partial charge < -0.3 is 10.2 Å². The Morgan fingerprint density at radius 1 is 1.19 bits per heavy atom. The number of aryl methyl sites for hydroxylation is 1. The van der Waals surface area contributed by atoms with Crippen LogP contribution in [0.4, 0.5) is 19.0 Å². The molecule has 1 aliphatic heterocycles. The van der Waals surface area contributed by atoms with E-state index in [1.165, 1.54) is 12.1 Å². The first kappa shape index (κ1) is 18.6. The number of nitrogens with zero attached hydrogens (tertiary/aromatic N) is 3. The fourth-order valence-electron chi connectivity index (χ4n) is 3.33. The van der Waals surface area contributed by atoms with Gasteiger partial charge in [-0.3, -0.25) is 0 Å². The van der Waals surface area contributed by atoms with Crippen LogP contribution in [0, 0.1) is 6.92 Å². The molecule has 1 N–H and O–H groups in total. The van der Waals surface area contributed by atoms with Gasteiger partial charge >= 0.3 is 6.18 Å². The van der Waals surface area contributed by atoms with Crippen molar-refractivity contribution in [1.82, 2.24) is 15.1 Å². The van der Waals surface area contributed by atoms with Gasteiger partial charge in [0.05, 0.1) is 11.3 Å². The van der Waals surface area contributed by atoms with Crippen molar-refractivity contribution >= 4 is 5.82 Å². The molecule has 0 radical (unpaired) electrons. The molecule has 2 aromatic rings. The Hall–Kier alpha value is -2.15. The van der Waals surface area contributed by atoms with Gasteiger partial charge in [-0.05, 0) is 56.6 Å². The third-order valence-electron chi connectivity index (χ3n) is 4.77. The van der Waals surface area contributed by atoms with Gasteiger partial charge in [-0.15, -0.1) is 10.2 Å². The molecular weight excluding hydrogens is 341 g/mol. The lowest BCUT2D eigenvalue weighted by molar-refractivity contribution is -0.137. The van der Waals surface area contributed by atoms with Crippen LogP contribution >= 0.6 is 0 Å². The molecule has 3 rings (SSSR count). The molecule has 0 unspecified atom stereocenters. The number of rotatable bonds is 4. The molecule has 1 atom stereocenters. The molecule has 0 amide bonds. The zero-order chi connectivity index (χ0) is 18.7. The van der Waals surface area contributed by atoms with Gasteiger partial charge in [0.15, 0.2) is 0 Å². The molecular formula is C19H23F3N4. The molecule has 1 fully saturated rings. The lowest BCUT2D eigenvalue weighted by atomic mass is 10.0. The van der Waals surface area contributed by atoms with E-state index in [9.17, 15) is 13.2 Å². The normalized spacial score (nSPS) is 18.7. The van der Waals surface area contributed by atoms with E-state index < -0.39 is 11.7 Å². The van der Waals surface area contributed by atoms with E-state index >= 15 is 0 Å². The fraction of sp³-hybridized carbons (Fsp3) is 0.474. The predicted octanol–water partition coefficient (Wildman–Crippen LogP) is 4.37. The average Bonchev–Trinajstić information content (AvgIpc) is 2.61. The Morgan fingerprint density at radius 3 is 2.54 bits per heavy atom. The standard InChI is InChI=1S/C19H23F3N4/c1-3-26-10-4-5-16(12-26)23-17-11-13(2)18(25-24-17)14-6-8-15(9-7-14)19(20,21)22/h6-9,11,16H,3-5,10,12H2,1-2H3,(H,23,24)/t16-/m1/s1. The van der Waals surface area contributed by atoms with Gasteiger partial charge in [0.2, 0.25) is 0 Å². The number of likely N-dealkylation sites (tertiary alicyclic amines) is 1. The van der Waals surface area contributed by atoms with Gasteiger partial charge in [-0.25, -0.2) is 0 Å². The smallest absolute Gasteiger partial charge is 0.365 e. The van der Waals surface area contributed by atoms with Crippen LogP contribution in [0.25, 0.3) is 11.3 Å². The molecule has 4 nitrogen and oxygen atoms in total. The van der Waals surface area contributed by atoms with Crippen LogP contribution < -0.4 is 5.32 Å². The number of alkyl halides is 3. The van der Waals surface area contributed by atoms with Gasteiger partial charge in [-0.2, -0.15) is 13.2 Å². The van der Waals surface area contributed by atoms with Crippen LogP contribution in [0.5, 0.6) is 0 Å². The summed E-state index contributed by atoms with van der Waals surface area (Å²) in [6.45, 7) is 7.21. The zero-order valence-electron chi connectivity index (χ0n) is 15.0. The number of nitrogens with one attached hydrogen (secondary N) is 1. The molecule has 1 saturated heterocycles. The summed E-state index contributed by atoms with van der Waals surface area (Å²) in [4.78, 5) is 2.40. The number of aromatic nitrogens is 2. The van der Waals surface area contributed by atoms with Gasteiger partial charge in [0.1, 0.15) is 5.82 Å². The maximum atomic E-state index is 12.7. The maximum absolute atomic E-state index is 12.7. The summed E-state index contributed by atoms with van der Waals surface area (Å²) in [7, 11) is 0.